The molecule has 1 nitrogen and oxygen atoms in total. The Balaban J connectivity index is 2.90. The third kappa shape index (κ3) is 3.36. The van der Waals surface area contributed by atoms with Crippen LogP contribution in [0.2, 0.25) is 0 Å². The Morgan fingerprint density at radius 1 is 1.46 bits per heavy atom. The minimum Gasteiger partial charge on any atom is -0.390 e. The van der Waals surface area contributed by atoms with Gasteiger partial charge in [-0.1, -0.05) is 6.07 Å². The lowest BCUT2D eigenvalue weighted by Gasteiger charge is -2.17. The van der Waals surface area contributed by atoms with Crippen LogP contribution in [0.3, 0.4) is 0 Å². The zero-order valence-corrected chi connectivity index (χ0v) is 8.61. The van der Waals surface area contributed by atoms with Crippen LogP contribution in [0.4, 0.5) is 4.39 Å². The summed E-state index contributed by atoms with van der Waals surface area (Å²) in [6, 6.07) is 4.72. The highest BCUT2D eigenvalue weighted by atomic mass is 32.1. The van der Waals surface area contributed by atoms with Gasteiger partial charge in [0, 0.05) is 11.3 Å². The first-order valence-corrected chi connectivity index (χ1v) is 4.53. The Morgan fingerprint density at radius 3 is 2.54 bits per heavy atom. The number of rotatable bonds is 2. The average Bonchev–Trinajstić information content (AvgIpc) is 1.93. The smallest absolute Gasteiger partial charge is 0.127 e. The lowest BCUT2D eigenvalue weighted by molar-refractivity contribution is 0.0800. The predicted molar refractivity (Wildman–Crippen MR) is 53.7 cm³/mol. The van der Waals surface area contributed by atoms with Crippen molar-refractivity contribution in [1.29, 1.82) is 0 Å². The van der Waals surface area contributed by atoms with E-state index >= 15 is 0 Å². The largest absolute Gasteiger partial charge is 0.390 e. The van der Waals surface area contributed by atoms with Crippen molar-refractivity contribution in [3.63, 3.8) is 0 Å². The van der Waals surface area contributed by atoms with E-state index in [4.69, 9.17) is 0 Å². The summed E-state index contributed by atoms with van der Waals surface area (Å²) in [4.78, 5) is 0.594. The molecule has 1 aromatic carbocycles. The van der Waals surface area contributed by atoms with Gasteiger partial charge in [-0.3, -0.25) is 0 Å². The molecule has 13 heavy (non-hydrogen) atoms. The molecule has 0 radical (unpaired) electrons. The number of aliphatic hydroxyl groups is 1. The molecular weight excluding hydrogens is 187 g/mol. The molecule has 72 valence electrons. The van der Waals surface area contributed by atoms with Gasteiger partial charge in [0.25, 0.3) is 0 Å². The molecule has 0 atom stereocenters. The van der Waals surface area contributed by atoms with Gasteiger partial charge in [-0.15, -0.1) is 12.6 Å². The molecular formula is C10H13FOS. The summed E-state index contributed by atoms with van der Waals surface area (Å²) in [5, 5.41) is 9.48. The van der Waals surface area contributed by atoms with E-state index in [2.05, 4.69) is 12.6 Å². The van der Waals surface area contributed by atoms with E-state index in [1.54, 1.807) is 26.0 Å². The quantitative estimate of drug-likeness (QED) is 0.702. The number of hydrogen-bond donors (Lipinski definition) is 2. The fourth-order valence-electron chi connectivity index (χ4n) is 1.15. The molecule has 0 heterocycles. The molecule has 0 aliphatic rings. The molecule has 0 aliphatic carbocycles. The summed E-state index contributed by atoms with van der Waals surface area (Å²) in [6.45, 7) is 3.31. The minimum absolute atomic E-state index is 0.311. The highest BCUT2D eigenvalue weighted by Gasteiger charge is 2.15. The molecule has 3 heteroatoms. The van der Waals surface area contributed by atoms with Crippen molar-refractivity contribution in [2.24, 2.45) is 0 Å². The second-order valence-corrected chi connectivity index (χ2v) is 4.28. The summed E-state index contributed by atoms with van der Waals surface area (Å²) >= 11 is 4.01. The van der Waals surface area contributed by atoms with Crippen molar-refractivity contribution < 1.29 is 9.50 Å². The molecule has 0 aromatic heterocycles. The Kier molecular flexibility index (Phi) is 2.98. The lowest BCUT2D eigenvalue weighted by atomic mass is 9.98. The molecule has 0 bridgehead atoms. The molecule has 0 saturated heterocycles. The van der Waals surface area contributed by atoms with Gasteiger partial charge in [0.15, 0.2) is 0 Å². The summed E-state index contributed by atoms with van der Waals surface area (Å²) in [5.74, 6) is -0.311. The van der Waals surface area contributed by atoms with Crippen molar-refractivity contribution in [2.45, 2.75) is 30.8 Å². The molecule has 1 rings (SSSR count). The van der Waals surface area contributed by atoms with Gasteiger partial charge in [-0.25, -0.2) is 4.39 Å². The van der Waals surface area contributed by atoms with Gasteiger partial charge in [0.2, 0.25) is 0 Å². The first kappa shape index (κ1) is 10.5. The van der Waals surface area contributed by atoms with Crippen LogP contribution in [0.5, 0.6) is 0 Å². The average molecular weight is 200 g/mol. The van der Waals surface area contributed by atoms with Crippen LogP contribution in [0.15, 0.2) is 23.1 Å². The summed E-state index contributed by atoms with van der Waals surface area (Å²) in [7, 11) is 0. The number of hydrogen-bond acceptors (Lipinski definition) is 2. The third-order valence-corrected chi connectivity index (χ3v) is 1.94. The van der Waals surface area contributed by atoms with E-state index in [0.717, 1.165) is 0 Å². The van der Waals surface area contributed by atoms with Crippen LogP contribution in [0, 0.1) is 5.82 Å². The summed E-state index contributed by atoms with van der Waals surface area (Å²) < 4.78 is 13.2. The van der Waals surface area contributed by atoms with Crippen LogP contribution in [0.25, 0.3) is 0 Å². The standard InChI is InChI=1S/C10H13FOS/c1-10(2,12)6-7-3-4-8(13)5-9(7)11/h3-5,12-13H,6H2,1-2H3. The minimum atomic E-state index is -0.876. The van der Waals surface area contributed by atoms with Crippen molar-refractivity contribution in [2.75, 3.05) is 0 Å². The molecule has 0 spiro atoms. The van der Waals surface area contributed by atoms with E-state index in [9.17, 15) is 9.50 Å². The second kappa shape index (κ2) is 3.68. The molecule has 0 amide bonds. The number of thiol groups is 1. The highest BCUT2D eigenvalue weighted by Crippen LogP contribution is 2.18. The predicted octanol–water partition coefficient (Wildman–Crippen LogP) is 2.43. The van der Waals surface area contributed by atoms with Gasteiger partial charge in [-0.2, -0.15) is 0 Å². The zero-order chi connectivity index (χ0) is 10.1. The second-order valence-electron chi connectivity index (χ2n) is 3.76. The maximum absolute atomic E-state index is 13.2. The van der Waals surface area contributed by atoms with Gasteiger partial charge < -0.3 is 5.11 Å². The Morgan fingerprint density at radius 2 is 2.08 bits per heavy atom. The molecule has 0 unspecified atom stereocenters. The van der Waals surface area contributed by atoms with E-state index in [1.807, 2.05) is 0 Å². The molecule has 1 N–H and O–H groups in total. The normalized spacial score (nSPS) is 11.8. The third-order valence-electron chi connectivity index (χ3n) is 1.66. The van der Waals surface area contributed by atoms with Crippen LogP contribution >= 0.6 is 12.6 Å². The number of halogens is 1. The van der Waals surface area contributed by atoms with Gasteiger partial charge in [0.05, 0.1) is 5.60 Å². The zero-order valence-electron chi connectivity index (χ0n) is 7.71. The maximum Gasteiger partial charge on any atom is 0.127 e. The van der Waals surface area contributed by atoms with E-state index in [1.165, 1.54) is 6.07 Å². The van der Waals surface area contributed by atoms with Crippen molar-refractivity contribution in [1.82, 2.24) is 0 Å². The monoisotopic (exact) mass is 200 g/mol. The first-order chi connectivity index (χ1) is 5.88. The van der Waals surface area contributed by atoms with Crippen LogP contribution < -0.4 is 0 Å². The van der Waals surface area contributed by atoms with Gasteiger partial charge in [-0.05, 0) is 31.5 Å². The van der Waals surface area contributed by atoms with E-state index in [-0.39, 0.29) is 5.82 Å². The van der Waals surface area contributed by atoms with E-state index in [0.29, 0.717) is 16.9 Å². The molecule has 0 aliphatic heterocycles. The van der Waals surface area contributed by atoms with Crippen molar-refractivity contribution in [3.05, 3.63) is 29.6 Å². The Labute approximate surface area is 83.0 Å². The maximum atomic E-state index is 13.2. The SMILES string of the molecule is CC(C)(O)Cc1ccc(S)cc1F. The summed E-state index contributed by atoms with van der Waals surface area (Å²) in [5.41, 5.74) is -0.357. The van der Waals surface area contributed by atoms with Crippen LogP contribution in [-0.4, -0.2) is 10.7 Å². The fourth-order valence-corrected chi connectivity index (χ4v) is 1.33. The molecule has 1 aromatic rings. The highest BCUT2D eigenvalue weighted by molar-refractivity contribution is 7.80. The fraction of sp³-hybridized carbons (Fsp3) is 0.400. The van der Waals surface area contributed by atoms with Crippen molar-refractivity contribution in [3.8, 4) is 0 Å². The van der Waals surface area contributed by atoms with Crippen molar-refractivity contribution >= 4 is 12.6 Å². The topological polar surface area (TPSA) is 20.2 Å². The van der Waals surface area contributed by atoms with Crippen LogP contribution in [-0.2, 0) is 6.42 Å². The summed E-state index contributed by atoms with van der Waals surface area (Å²) in [6.07, 6.45) is 0.312. The Hall–Kier alpha value is -0.540. The van der Waals surface area contributed by atoms with Crippen LogP contribution in [0.1, 0.15) is 19.4 Å². The first-order valence-electron chi connectivity index (χ1n) is 4.08. The lowest BCUT2D eigenvalue weighted by Crippen LogP contribution is -2.22. The van der Waals surface area contributed by atoms with Gasteiger partial charge >= 0.3 is 0 Å². The number of benzene rings is 1. The molecule has 0 fully saturated rings. The molecule has 0 saturated carbocycles. The van der Waals surface area contributed by atoms with E-state index < -0.39 is 5.60 Å². The Bertz CT molecular complexity index is 304. The van der Waals surface area contributed by atoms with Gasteiger partial charge in [0.1, 0.15) is 5.82 Å².